The predicted molar refractivity (Wildman–Crippen MR) is 72.6 cm³/mol. The van der Waals surface area contributed by atoms with Crippen LogP contribution in [0.2, 0.25) is 0 Å². The molecule has 0 atom stereocenters. The summed E-state index contributed by atoms with van der Waals surface area (Å²) in [6.45, 7) is 3.82. The van der Waals surface area contributed by atoms with Crippen LogP contribution < -0.4 is 15.4 Å². The molecule has 1 aliphatic rings. The van der Waals surface area contributed by atoms with Gasteiger partial charge in [-0.25, -0.2) is 0 Å². The second kappa shape index (κ2) is 5.48. The number of methoxy groups -OCH3 is 1. The van der Waals surface area contributed by atoms with E-state index in [1.54, 1.807) is 12.1 Å². The first kappa shape index (κ1) is 13.7. The number of rotatable bonds is 3. The summed E-state index contributed by atoms with van der Waals surface area (Å²) >= 11 is 0. The van der Waals surface area contributed by atoms with Crippen molar-refractivity contribution in [2.24, 2.45) is 0 Å². The van der Waals surface area contributed by atoms with Crippen molar-refractivity contribution in [3.8, 4) is 11.5 Å². The molecule has 1 saturated heterocycles. The molecule has 2 rings (SSSR count). The zero-order valence-electron chi connectivity index (χ0n) is 11.3. The Bertz CT molecular complexity index is 468. The molecule has 0 radical (unpaired) electrons. The fourth-order valence-corrected chi connectivity index (χ4v) is 2.28. The Morgan fingerprint density at radius 1 is 1.42 bits per heavy atom. The first-order valence-corrected chi connectivity index (χ1v) is 6.44. The van der Waals surface area contributed by atoms with E-state index in [2.05, 4.69) is 10.6 Å². The van der Waals surface area contributed by atoms with Gasteiger partial charge in [-0.05, 0) is 45.0 Å². The molecule has 0 bridgehead atoms. The van der Waals surface area contributed by atoms with E-state index in [0.29, 0.717) is 5.75 Å². The van der Waals surface area contributed by atoms with Gasteiger partial charge in [0.2, 0.25) is 0 Å². The summed E-state index contributed by atoms with van der Waals surface area (Å²) in [5.41, 5.74) is 0.0647. The van der Waals surface area contributed by atoms with E-state index >= 15 is 0 Å². The summed E-state index contributed by atoms with van der Waals surface area (Å²) in [4.78, 5) is 12.2. The molecule has 19 heavy (non-hydrogen) atoms. The van der Waals surface area contributed by atoms with Crippen LogP contribution in [0.3, 0.4) is 0 Å². The maximum Gasteiger partial charge on any atom is 0.255 e. The van der Waals surface area contributed by atoms with E-state index in [4.69, 9.17) is 4.74 Å². The SMILES string of the molecule is COc1ccc(C(=O)NC2(C)CCNCC2)c(O)c1. The summed E-state index contributed by atoms with van der Waals surface area (Å²) in [5.74, 6) is 0.223. The number of piperidine rings is 1. The van der Waals surface area contributed by atoms with Gasteiger partial charge in [-0.3, -0.25) is 4.79 Å². The van der Waals surface area contributed by atoms with Gasteiger partial charge >= 0.3 is 0 Å². The van der Waals surface area contributed by atoms with Crippen molar-refractivity contribution in [2.75, 3.05) is 20.2 Å². The maximum absolute atomic E-state index is 12.2. The Labute approximate surface area is 113 Å². The molecular weight excluding hydrogens is 244 g/mol. The third-order valence-corrected chi connectivity index (χ3v) is 3.57. The molecule has 1 fully saturated rings. The quantitative estimate of drug-likeness (QED) is 0.769. The average Bonchev–Trinajstić information content (AvgIpc) is 2.38. The van der Waals surface area contributed by atoms with Gasteiger partial charge in [0.1, 0.15) is 11.5 Å². The lowest BCUT2D eigenvalue weighted by atomic mass is 9.90. The van der Waals surface area contributed by atoms with E-state index in [0.717, 1.165) is 25.9 Å². The highest BCUT2D eigenvalue weighted by Gasteiger charge is 2.29. The average molecular weight is 264 g/mol. The van der Waals surface area contributed by atoms with E-state index in [-0.39, 0.29) is 22.8 Å². The van der Waals surface area contributed by atoms with Crippen molar-refractivity contribution in [1.29, 1.82) is 0 Å². The smallest absolute Gasteiger partial charge is 0.255 e. The number of hydrogen-bond acceptors (Lipinski definition) is 4. The van der Waals surface area contributed by atoms with Crippen molar-refractivity contribution < 1.29 is 14.6 Å². The van der Waals surface area contributed by atoms with Crippen LogP contribution in [0, 0.1) is 0 Å². The molecule has 5 nitrogen and oxygen atoms in total. The van der Waals surface area contributed by atoms with Crippen LogP contribution in [0.15, 0.2) is 18.2 Å². The molecule has 0 unspecified atom stereocenters. The van der Waals surface area contributed by atoms with Crippen LogP contribution in [0.1, 0.15) is 30.1 Å². The van der Waals surface area contributed by atoms with Gasteiger partial charge in [-0.1, -0.05) is 0 Å². The highest BCUT2D eigenvalue weighted by Crippen LogP contribution is 2.25. The molecule has 0 saturated carbocycles. The third-order valence-electron chi connectivity index (χ3n) is 3.57. The molecule has 1 aromatic rings. The molecule has 104 valence electrons. The van der Waals surface area contributed by atoms with Gasteiger partial charge in [0.05, 0.1) is 12.7 Å². The second-order valence-electron chi connectivity index (χ2n) is 5.15. The van der Waals surface area contributed by atoms with Crippen LogP contribution in [-0.4, -0.2) is 36.8 Å². The van der Waals surface area contributed by atoms with Crippen molar-refractivity contribution in [1.82, 2.24) is 10.6 Å². The van der Waals surface area contributed by atoms with Crippen molar-refractivity contribution >= 4 is 5.91 Å². The van der Waals surface area contributed by atoms with Gasteiger partial charge in [0, 0.05) is 11.6 Å². The van der Waals surface area contributed by atoms with E-state index in [9.17, 15) is 9.90 Å². The standard InChI is InChI=1S/C14H20N2O3/c1-14(5-7-15-8-6-14)16-13(18)11-4-3-10(19-2)9-12(11)17/h3-4,9,15,17H,5-8H2,1-2H3,(H,16,18). The maximum atomic E-state index is 12.2. The topological polar surface area (TPSA) is 70.6 Å². The molecule has 0 aliphatic carbocycles. The number of nitrogens with one attached hydrogen (secondary N) is 2. The summed E-state index contributed by atoms with van der Waals surface area (Å²) in [5, 5.41) is 16.1. The largest absolute Gasteiger partial charge is 0.507 e. The van der Waals surface area contributed by atoms with Crippen LogP contribution >= 0.6 is 0 Å². The number of phenolic OH excluding ortho intramolecular Hbond substituents is 1. The molecular formula is C14H20N2O3. The highest BCUT2D eigenvalue weighted by atomic mass is 16.5. The Morgan fingerprint density at radius 2 is 2.11 bits per heavy atom. The molecule has 0 aromatic heterocycles. The third kappa shape index (κ3) is 3.17. The van der Waals surface area contributed by atoms with Crippen molar-refractivity contribution in [3.05, 3.63) is 23.8 Å². The van der Waals surface area contributed by atoms with Gasteiger partial charge in [0.25, 0.3) is 5.91 Å². The number of benzene rings is 1. The predicted octanol–water partition coefficient (Wildman–Crippen LogP) is 1.27. The van der Waals surface area contributed by atoms with Crippen LogP contribution in [0.25, 0.3) is 0 Å². The first-order chi connectivity index (χ1) is 9.04. The minimum Gasteiger partial charge on any atom is -0.507 e. The van der Waals surface area contributed by atoms with Gasteiger partial charge < -0.3 is 20.5 Å². The lowest BCUT2D eigenvalue weighted by Crippen LogP contribution is -2.52. The monoisotopic (exact) mass is 264 g/mol. The lowest BCUT2D eigenvalue weighted by molar-refractivity contribution is 0.0885. The Hall–Kier alpha value is -1.75. The van der Waals surface area contributed by atoms with Crippen molar-refractivity contribution in [2.45, 2.75) is 25.3 Å². The number of aromatic hydroxyl groups is 1. The number of phenols is 1. The molecule has 3 N–H and O–H groups in total. The van der Waals surface area contributed by atoms with Gasteiger partial charge in [0.15, 0.2) is 0 Å². The fraction of sp³-hybridized carbons (Fsp3) is 0.500. The van der Waals surface area contributed by atoms with Crippen molar-refractivity contribution in [3.63, 3.8) is 0 Å². The molecule has 1 heterocycles. The number of amides is 1. The van der Waals surface area contributed by atoms with E-state index in [1.807, 2.05) is 6.92 Å². The molecule has 1 amide bonds. The Kier molecular flexibility index (Phi) is 3.95. The molecule has 1 aromatic carbocycles. The summed E-state index contributed by atoms with van der Waals surface area (Å²) in [7, 11) is 1.52. The molecule has 5 heteroatoms. The fourth-order valence-electron chi connectivity index (χ4n) is 2.28. The van der Waals surface area contributed by atoms with E-state index in [1.165, 1.54) is 13.2 Å². The molecule has 0 spiro atoms. The van der Waals surface area contributed by atoms with Crippen LogP contribution in [-0.2, 0) is 0 Å². The number of carbonyl (C=O) groups is 1. The Morgan fingerprint density at radius 3 is 2.68 bits per heavy atom. The second-order valence-corrected chi connectivity index (χ2v) is 5.15. The Balaban J connectivity index is 2.11. The zero-order chi connectivity index (χ0) is 13.9. The summed E-state index contributed by atoms with van der Waals surface area (Å²) in [6, 6.07) is 4.69. The zero-order valence-corrected chi connectivity index (χ0v) is 11.3. The number of hydrogen-bond donors (Lipinski definition) is 3. The number of ether oxygens (including phenoxy) is 1. The minimum absolute atomic E-state index is 0.0608. The van der Waals surface area contributed by atoms with Crippen LogP contribution in [0.5, 0.6) is 11.5 Å². The summed E-state index contributed by atoms with van der Waals surface area (Å²) in [6.07, 6.45) is 1.77. The molecule has 1 aliphatic heterocycles. The normalized spacial score (nSPS) is 17.8. The highest BCUT2D eigenvalue weighted by molar-refractivity contribution is 5.97. The minimum atomic E-state index is -0.246. The van der Waals surface area contributed by atoms with Crippen LogP contribution in [0.4, 0.5) is 0 Å². The van der Waals surface area contributed by atoms with Gasteiger partial charge in [-0.15, -0.1) is 0 Å². The lowest BCUT2D eigenvalue weighted by Gasteiger charge is -2.35. The van der Waals surface area contributed by atoms with E-state index < -0.39 is 0 Å². The van der Waals surface area contributed by atoms with Gasteiger partial charge in [-0.2, -0.15) is 0 Å². The number of carbonyl (C=O) groups excluding carboxylic acids is 1. The summed E-state index contributed by atoms with van der Waals surface area (Å²) < 4.78 is 5.00. The first-order valence-electron chi connectivity index (χ1n) is 6.44.